The molecule has 0 amide bonds. The smallest absolute Gasteiger partial charge is 0.204 e. The minimum atomic E-state index is -1.42. The summed E-state index contributed by atoms with van der Waals surface area (Å²) in [5, 5.41) is 18.6. The van der Waals surface area contributed by atoms with Crippen molar-refractivity contribution in [3.8, 4) is 0 Å². The molecule has 0 radical (unpaired) electrons. The summed E-state index contributed by atoms with van der Waals surface area (Å²) < 4.78 is 0.440. The number of azo groups is 1. The van der Waals surface area contributed by atoms with E-state index in [2.05, 4.69) is 10.2 Å². The average Bonchev–Trinajstić information content (AvgIpc) is 2.59. The van der Waals surface area contributed by atoms with E-state index in [0.29, 0.717) is 21.3 Å². The van der Waals surface area contributed by atoms with E-state index in [9.17, 15) is 9.90 Å². The maximum Gasteiger partial charge on any atom is 0.204 e. The normalized spacial score (nSPS) is 17.2. The van der Waals surface area contributed by atoms with E-state index in [1.165, 1.54) is 0 Å². The number of carbonyl (C=O) groups is 1. The summed E-state index contributed by atoms with van der Waals surface area (Å²) in [4.78, 5) is 12.8. The van der Waals surface area contributed by atoms with Crippen molar-refractivity contribution in [3.05, 3.63) is 65.4 Å². The molecule has 1 atom stereocenters. The zero-order valence-electron chi connectivity index (χ0n) is 14.8. The molecule has 136 valence electrons. The number of hydrogen-bond acceptors (Lipinski definition) is 5. The van der Waals surface area contributed by atoms with Crippen LogP contribution in [0.5, 0.6) is 0 Å². The van der Waals surface area contributed by atoms with Crippen molar-refractivity contribution in [1.82, 2.24) is 4.48 Å². The second-order valence-corrected chi connectivity index (χ2v) is 6.81. The maximum atomic E-state index is 12.8. The molecule has 3 rings (SSSR count). The first kappa shape index (κ1) is 19.8. The van der Waals surface area contributed by atoms with E-state index < -0.39 is 11.9 Å². The number of nitrogens with zero attached hydrogens (tertiary/aromatic N) is 3. The number of aliphatic hydroxyl groups excluding tert-OH is 1. The summed E-state index contributed by atoms with van der Waals surface area (Å²) in [5.74, 6) is -0.408. The fraction of sp³-hybridized carbons (Fsp3) is 0.211. The van der Waals surface area contributed by atoms with E-state index in [-0.39, 0.29) is 23.8 Å². The summed E-state index contributed by atoms with van der Waals surface area (Å²) in [7, 11) is 5.87. The first-order valence-electron chi connectivity index (χ1n) is 7.95. The van der Waals surface area contributed by atoms with Crippen molar-refractivity contribution < 1.29 is 22.3 Å². The van der Waals surface area contributed by atoms with Gasteiger partial charge in [0.15, 0.2) is 6.10 Å². The molecule has 0 aromatic heterocycles. The quantitative estimate of drug-likeness (QED) is 0.580. The Morgan fingerprint density at radius 1 is 1.00 bits per heavy atom. The van der Waals surface area contributed by atoms with Crippen LogP contribution < -0.4 is 22.6 Å². The molecule has 0 aliphatic heterocycles. The lowest BCUT2D eigenvalue weighted by molar-refractivity contribution is -0.0000131. The molecule has 6 nitrogen and oxygen atoms in total. The van der Waals surface area contributed by atoms with Gasteiger partial charge in [-0.1, -0.05) is 30.3 Å². The van der Waals surface area contributed by atoms with Gasteiger partial charge in [0.25, 0.3) is 0 Å². The lowest BCUT2D eigenvalue weighted by Crippen LogP contribution is -3.00. The molecular weight excluding hydrogens is 352 g/mol. The predicted molar refractivity (Wildman–Crippen MR) is 98.4 cm³/mol. The number of ketones is 1. The third kappa shape index (κ3) is 3.53. The van der Waals surface area contributed by atoms with E-state index in [1.807, 2.05) is 51.5 Å². The zero-order chi connectivity index (χ0) is 18.2. The van der Waals surface area contributed by atoms with E-state index in [1.54, 1.807) is 18.2 Å². The number of carbonyl (C=O) groups excluding carboxylic acids is 1. The molecule has 0 spiro atoms. The number of rotatable bonds is 3. The first-order valence-corrected chi connectivity index (χ1v) is 7.95. The Balaban J connectivity index is 0.00000243. The maximum absolute atomic E-state index is 12.8. The highest BCUT2D eigenvalue weighted by atomic mass is 35.5. The van der Waals surface area contributed by atoms with Crippen molar-refractivity contribution in [3.63, 3.8) is 0 Å². The Bertz CT molecular complexity index is 886. The zero-order valence-corrected chi connectivity index (χ0v) is 15.6. The average molecular weight is 373 g/mol. The second kappa shape index (κ2) is 7.37. The molecule has 26 heavy (non-hydrogen) atoms. The van der Waals surface area contributed by atoms with Crippen LogP contribution in [0.15, 0.2) is 64.5 Å². The monoisotopic (exact) mass is 372 g/mol. The minimum Gasteiger partial charge on any atom is -1.00 e. The summed E-state index contributed by atoms with van der Waals surface area (Å²) in [6.07, 6.45) is -1.42. The van der Waals surface area contributed by atoms with Gasteiger partial charge < -0.3 is 23.2 Å². The number of quaternary nitrogens is 1. The third-order valence-electron chi connectivity index (χ3n) is 4.11. The van der Waals surface area contributed by atoms with Gasteiger partial charge in [-0.3, -0.25) is 9.28 Å². The topological polar surface area (TPSA) is 88.0 Å². The summed E-state index contributed by atoms with van der Waals surface area (Å²) >= 11 is 0. The molecule has 0 saturated heterocycles. The molecule has 1 aliphatic carbocycles. The van der Waals surface area contributed by atoms with E-state index >= 15 is 0 Å². The Hall–Kier alpha value is -2.54. The molecule has 0 saturated carbocycles. The molecule has 1 aliphatic rings. The third-order valence-corrected chi connectivity index (χ3v) is 4.11. The summed E-state index contributed by atoms with van der Waals surface area (Å²) in [6.45, 7) is 0. The molecular formula is C19H21ClN4O2. The van der Waals surface area contributed by atoms with Crippen molar-refractivity contribution in [2.24, 2.45) is 16.0 Å². The fourth-order valence-corrected chi connectivity index (χ4v) is 2.84. The molecule has 0 heterocycles. The van der Waals surface area contributed by atoms with Gasteiger partial charge in [-0.25, -0.2) is 0 Å². The predicted octanol–water partition coefficient (Wildman–Crippen LogP) is -0.144. The van der Waals surface area contributed by atoms with Gasteiger partial charge in [-0.05, 0) is 18.2 Å². The number of fused-ring (bicyclic) bond motifs is 1. The molecule has 0 fully saturated rings. The van der Waals surface area contributed by atoms with Gasteiger partial charge in [-0.2, -0.15) is 5.11 Å². The van der Waals surface area contributed by atoms with Gasteiger partial charge in [0.2, 0.25) is 5.78 Å². The van der Waals surface area contributed by atoms with Crippen molar-refractivity contribution in [2.75, 3.05) is 21.1 Å². The second-order valence-electron chi connectivity index (χ2n) is 6.81. The molecule has 0 bridgehead atoms. The molecule has 3 N–H and O–H groups in total. The number of benzene rings is 2. The highest BCUT2D eigenvalue weighted by Crippen LogP contribution is 2.36. The Kier molecular flexibility index (Phi) is 5.61. The van der Waals surface area contributed by atoms with Crippen LogP contribution in [-0.2, 0) is 0 Å². The van der Waals surface area contributed by atoms with Crippen LogP contribution in [0.4, 0.5) is 11.4 Å². The standard InChI is InChI=1S/C19H21N4O2.ClH/c1-23(2,3)14-11-7-10-13-15(14)18(24)19(25)17(16(13)20)22-21-12-8-5-4-6-9-12;/h4-11,19,25H,20H2,1-3H3;1H/q+1;/p-1. The lowest BCUT2D eigenvalue weighted by Gasteiger charge is -2.29. The van der Waals surface area contributed by atoms with Crippen LogP contribution in [0.25, 0.3) is 5.70 Å². The van der Waals surface area contributed by atoms with Gasteiger partial charge >= 0.3 is 0 Å². The van der Waals surface area contributed by atoms with Crippen LogP contribution >= 0.6 is 0 Å². The van der Waals surface area contributed by atoms with Crippen LogP contribution in [0.3, 0.4) is 0 Å². The Morgan fingerprint density at radius 3 is 2.27 bits per heavy atom. The lowest BCUT2D eigenvalue weighted by atomic mass is 9.88. The van der Waals surface area contributed by atoms with Gasteiger partial charge in [0.1, 0.15) is 11.4 Å². The van der Waals surface area contributed by atoms with E-state index in [0.717, 1.165) is 5.69 Å². The van der Waals surface area contributed by atoms with Crippen molar-refractivity contribution in [2.45, 2.75) is 6.10 Å². The summed E-state index contributed by atoms with van der Waals surface area (Å²) in [6, 6.07) is 14.6. The summed E-state index contributed by atoms with van der Waals surface area (Å²) in [5.41, 5.74) is 9.03. The SMILES string of the molecule is C[N+](C)(C)c1cccc2c1C(=O)C(O)C(N=Nc1ccccc1)=C2N.[Cl-]. The Morgan fingerprint density at radius 2 is 1.65 bits per heavy atom. The van der Waals surface area contributed by atoms with Gasteiger partial charge in [0, 0.05) is 5.56 Å². The van der Waals surface area contributed by atoms with Crippen molar-refractivity contribution in [1.29, 1.82) is 0 Å². The van der Waals surface area contributed by atoms with Crippen LogP contribution in [-0.4, -0.2) is 38.1 Å². The highest BCUT2D eigenvalue weighted by Gasteiger charge is 2.37. The van der Waals surface area contributed by atoms with E-state index in [4.69, 9.17) is 5.73 Å². The fourth-order valence-electron chi connectivity index (χ4n) is 2.84. The van der Waals surface area contributed by atoms with Crippen LogP contribution in [0.2, 0.25) is 0 Å². The Labute approximate surface area is 158 Å². The number of halogens is 1. The largest absolute Gasteiger partial charge is 1.00 e. The van der Waals surface area contributed by atoms with Gasteiger partial charge in [-0.15, -0.1) is 5.11 Å². The molecule has 7 heteroatoms. The first-order chi connectivity index (χ1) is 11.8. The highest BCUT2D eigenvalue weighted by molar-refractivity contribution is 6.12. The molecule has 1 unspecified atom stereocenters. The van der Waals surface area contributed by atoms with Gasteiger partial charge in [0.05, 0.1) is 38.1 Å². The van der Waals surface area contributed by atoms with Crippen LogP contribution in [0, 0.1) is 0 Å². The van der Waals surface area contributed by atoms with Crippen LogP contribution in [0.1, 0.15) is 15.9 Å². The molecule has 2 aromatic carbocycles. The minimum absolute atomic E-state index is 0. The number of aliphatic hydroxyl groups is 1. The van der Waals surface area contributed by atoms with Crippen molar-refractivity contribution >= 4 is 22.9 Å². The number of Topliss-reactive ketones (excluding diaryl/α,β-unsaturated/α-hetero) is 1. The molecule has 2 aromatic rings. The number of hydrogen-bond donors (Lipinski definition) is 2. The number of nitrogens with two attached hydrogens (primary N) is 1.